The number of para-hydroxylation sites is 1. The molecule has 1 rings (SSSR count). The van der Waals surface area contributed by atoms with Gasteiger partial charge in [-0.25, -0.2) is 4.79 Å². The van der Waals surface area contributed by atoms with E-state index in [9.17, 15) is 4.79 Å². The number of anilines is 2. The number of nitrogen functional groups attached to an aromatic ring is 1. The number of hydrogen-bond acceptors (Lipinski definition) is 4. The zero-order chi connectivity index (χ0) is 14.4. The summed E-state index contributed by atoms with van der Waals surface area (Å²) in [5.41, 5.74) is 8.03. The minimum absolute atomic E-state index is 0.313. The van der Waals surface area contributed by atoms with Crippen molar-refractivity contribution in [2.75, 3.05) is 23.8 Å². The van der Waals surface area contributed by atoms with Gasteiger partial charge in [-0.3, -0.25) is 0 Å². The van der Waals surface area contributed by atoms with E-state index in [-0.39, 0.29) is 5.97 Å². The Labute approximate surface area is 115 Å². The van der Waals surface area contributed by atoms with Crippen LogP contribution in [0.1, 0.15) is 44.5 Å². The van der Waals surface area contributed by atoms with Crippen molar-refractivity contribution in [2.24, 2.45) is 0 Å². The van der Waals surface area contributed by atoms with Crippen molar-refractivity contribution in [1.82, 2.24) is 0 Å². The summed E-state index contributed by atoms with van der Waals surface area (Å²) < 4.78 is 5.11. The fourth-order valence-corrected chi connectivity index (χ4v) is 2.17. The van der Waals surface area contributed by atoms with Crippen LogP contribution in [-0.4, -0.2) is 25.2 Å². The molecule has 0 fully saturated rings. The van der Waals surface area contributed by atoms with E-state index in [0.717, 1.165) is 18.7 Å². The van der Waals surface area contributed by atoms with Crippen LogP contribution in [0.15, 0.2) is 18.2 Å². The third-order valence-corrected chi connectivity index (χ3v) is 3.31. The Morgan fingerprint density at radius 1 is 1.37 bits per heavy atom. The Balaban J connectivity index is 3.27. The van der Waals surface area contributed by atoms with E-state index in [1.54, 1.807) is 19.1 Å². The smallest absolute Gasteiger partial charge is 0.340 e. The largest absolute Gasteiger partial charge is 0.462 e. The molecule has 1 aromatic rings. The average Bonchev–Trinajstić information content (AvgIpc) is 2.41. The highest BCUT2D eigenvalue weighted by molar-refractivity contribution is 5.99. The Morgan fingerprint density at radius 2 is 2.05 bits per heavy atom. The van der Waals surface area contributed by atoms with Crippen molar-refractivity contribution < 1.29 is 9.53 Å². The Kier molecular flexibility index (Phi) is 5.67. The van der Waals surface area contributed by atoms with Gasteiger partial charge in [-0.1, -0.05) is 13.0 Å². The van der Waals surface area contributed by atoms with Gasteiger partial charge in [0.1, 0.15) is 0 Å². The second-order valence-corrected chi connectivity index (χ2v) is 4.51. The van der Waals surface area contributed by atoms with Gasteiger partial charge in [-0.2, -0.15) is 0 Å². The standard InChI is InChI=1S/C15H24N2O2/c1-5-11(4)17(6-2)14-12(15(18)19-7-3)9-8-10-13(14)16/h8-11H,5-7,16H2,1-4H3. The van der Waals surface area contributed by atoms with E-state index in [1.165, 1.54) is 0 Å². The van der Waals surface area contributed by atoms with Crippen LogP contribution in [0.5, 0.6) is 0 Å². The molecule has 1 aromatic carbocycles. The Hall–Kier alpha value is -1.71. The molecule has 0 saturated carbocycles. The van der Waals surface area contributed by atoms with Gasteiger partial charge in [0.05, 0.1) is 23.5 Å². The summed E-state index contributed by atoms with van der Waals surface area (Å²) in [5.74, 6) is -0.313. The number of nitrogens with two attached hydrogens (primary N) is 1. The number of carbonyl (C=O) groups excluding carboxylic acids is 1. The molecule has 0 aliphatic carbocycles. The number of esters is 1. The van der Waals surface area contributed by atoms with Crippen molar-refractivity contribution in [2.45, 2.75) is 40.2 Å². The maximum atomic E-state index is 12.0. The highest BCUT2D eigenvalue weighted by Crippen LogP contribution is 2.30. The van der Waals surface area contributed by atoms with E-state index in [0.29, 0.717) is 23.9 Å². The molecule has 0 amide bonds. The summed E-state index contributed by atoms with van der Waals surface area (Å²) in [7, 11) is 0. The summed E-state index contributed by atoms with van der Waals surface area (Å²) in [5, 5.41) is 0. The van der Waals surface area contributed by atoms with E-state index < -0.39 is 0 Å². The number of nitrogens with zero attached hydrogens (tertiary/aromatic N) is 1. The number of benzene rings is 1. The molecule has 0 radical (unpaired) electrons. The monoisotopic (exact) mass is 264 g/mol. The van der Waals surface area contributed by atoms with Gasteiger partial charge in [-0.05, 0) is 39.3 Å². The maximum absolute atomic E-state index is 12.0. The van der Waals surface area contributed by atoms with Crippen LogP contribution >= 0.6 is 0 Å². The molecule has 1 atom stereocenters. The molecule has 0 spiro atoms. The lowest BCUT2D eigenvalue weighted by Crippen LogP contribution is -2.34. The summed E-state index contributed by atoms with van der Waals surface area (Å²) in [6.45, 7) is 9.28. The normalized spacial score (nSPS) is 12.0. The third-order valence-electron chi connectivity index (χ3n) is 3.31. The van der Waals surface area contributed by atoms with Gasteiger partial charge in [0.15, 0.2) is 0 Å². The van der Waals surface area contributed by atoms with Crippen LogP contribution in [0.4, 0.5) is 11.4 Å². The van der Waals surface area contributed by atoms with Gasteiger partial charge in [0.25, 0.3) is 0 Å². The molecule has 4 nitrogen and oxygen atoms in total. The fourth-order valence-electron chi connectivity index (χ4n) is 2.17. The minimum atomic E-state index is -0.313. The van der Waals surface area contributed by atoms with Gasteiger partial charge < -0.3 is 15.4 Å². The molecule has 4 heteroatoms. The third kappa shape index (κ3) is 3.40. The lowest BCUT2D eigenvalue weighted by molar-refractivity contribution is 0.0527. The summed E-state index contributed by atoms with van der Waals surface area (Å²) in [6.07, 6.45) is 0.991. The molecular formula is C15H24N2O2. The van der Waals surface area contributed by atoms with E-state index in [2.05, 4.69) is 25.7 Å². The lowest BCUT2D eigenvalue weighted by atomic mass is 10.1. The molecule has 19 heavy (non-hydrogen) atoms. The summed E-state index contributed by atoms with van der Waals surface area (Å²) in [4.78, 5) is 14.2. The van der Waals surface area contributed by atoms with Gasteiger partial charge in [-0.15, -0.1) is 0 Å². The number of hydrogen-bond donors (Lipinski definition) is 1. The highest BCUT2D eigenvalue weighted by Gasteiger charge is 2.21. The molecule has 0 heterocycles. The van der Waals surface area contributed by atoms with Crippen molar-refractivity contribution in [1.29, 1.82) is 0 Å². The molecule has 0 aromatic heterocycles. The predicted molar refractivity (Wildman–Crippen MR) is 79.6 cm³/mol. The van der Waals surface area contributed by atoms with Crippen LogP contribution in [0.2, 0.25) is 0 Å². The predicted octanol–water partition coefficient (Wildman–Crippen LogP) is 3.07. The maximum Gasteiger partial charge on any atom is 0.340 e. The topological polar surface area (TPSA) is 55.6 Å². The van der Waals surface area contributed by atoms with Crippen molar-refractivity contribution in [3.05, 3.63) is 23.8 Å². The Bertz CT molecular complexity index is 432. The first-order valence-electron chi connectivity index (χ1n) is 6.88. The molecular weight excluding hydrogens is 240 g/mol. The van der Waals surface area contributed by atoms with E-state index >= 15 is 0 Å². The van der Waals surface area contributed by atoms with E-state index in [4.69, 9.17) is 10.5 Å². The van der Waals surface area contributed by atoms with Gasteiger partial charge >= 0.3 is 5.97 Å². The molecule has 0 bridgehead atoms. The molecule has 1 unspecified atom stereocenters. The average molecular weight is 264 g/mol. The number of rotatable bonds is 6. The summed E-state index contributed by atoms with van der Waals surface area (Å²) >= 11 is 0. The zero-order valence-electron chi connectivity index (χ0n) is 12.3. The SMILES string of the molecule is CCOC(=O)c1cccc(N)c1N(CC)C(C)CC. The first-order valence-corrected chi connectivity index (χ1v) is 6.88. The first kappa shape index (κ1) is 15.3. The van der Waals surface area contributed by atoms with E-state index in [1.807, 2.05) is 6.07 Å². The highest BCUT2D eigenvalue weighted by atomic mass is 16.5. The van der Waals surface area contributed by atoms with Crippen LogP contribution in [0.25, 0.3) is 0 Å². The molecule has 0 aliphatic heterocycles. The van der Waals surface area contributed by atoms with Crippen LogP contribution in [0.3, 0.4) is 0 Å². The lowest BCUT2D eigenvalue weighted by Gasteiger charge is -2.32. The first-order chi connectivity index (χ1) is 9.06. The Morgan fingerprint density at radius 3 is 2.58 bits per heavy atom. The second kappa shape index (κ2) is 7.02. The van der Waals surface area contributed by atoms with Crippen molar-refractivity contribution in [3.8, 4) is 0 Å². The summed E-state index contributed by atoms with van der Waals surface area (Å²) in [6, 6.07) is 5.70. The van der Waals surface area contributed by atoms with Crippen LogP contribution in [0, 0.1) is 0 Å². The van der Waals surface area contributed by atoms with Crippen LogP contribution in [-0.2, 0) is 4.74 Å². The number of carbonyl (C=O) groups is 1. The molecule has 0 saturated heterocycles. The minimum Gasteiger partial charge on any atom is -0.462 e. The molecule has 0 aliphatic rings. The quantitative estimate of drug-likeness (QED) is 0.633. The fraction of sp³-hybridized carbons (Fsp3) is 0.533. The zero-order valence-corrected chi connectivity index (χ0v) is 12.3. The van der Waals surface area contributed by atoms with Crippen molar-refractivity contribution >= 4 is 17.3 Å². The van der Waals surface area contributed by atoms with Gasteiger partial charge in [0, 0.05) is 12.6 Å². The number of ether oxygens (including phenoxy) is 1. The molecule has 106 valence electrons. The molecule has 2 N–H and O–H groups in total. The second-order valence-electron chi connectivity index (χ2n) is 4.51. The van der Waals surface area contributed by atoms with Crippen LogP contribution < -0.4 is 10.6 Å². The van der Waals surface area contributed by atoms with Crippen molar-refractivity contribution in [3.63, 3.8) is 0 Å². The van der Waals surface area contributed by atoms with Gasteiger partial charge in [0.2, 0.25) is 0 Å².